The molecule has 0 aliphatic carbocycles. The van der Waals surface area contributed by atoms with Crippen LogP contribution in [0.3, 0.4) is 0 Å². The maximum Gasteiger partial charge on any atom is 0.193 e. The number of ketones is 1. The molecule has 18 aromatic rings. The number of hydrogen-bond acceptors (Lipinski definition) is 1. The second kappa shape index (κ2) is 22.9. The number of para-hydroxylation sites is 6. The highest BCUT2D eigenvalue weighted by Gasteiger charge is 2.23. The highest BCUT2D eigenvalue weighted by Crippen LogP contribution is 2.47. The topological polar surface area (TPSA) is 31.9 Å². The van der Waals surface area contributed by atoms with Crippen LogP contribution >= 0.6 is 0 Å². The van der Waals surface area contributed by atoms with Crippen molar-refractivity contribution in [1.29, 1.82) is 0 Å². The van der Waals surface area contributed by atoms with E-state index in [1.807, 2.05) is 60.7 Å². The van der Waals surface area contributed by atoms with Crippen molar-refractivity contribution in [2.75, 3.05) is 0 Å². The largest absolute Gasteiger partial charge is 0.309 e. The predicted molar refractivity (Wildman–Crippen MR) is 397 cm³/mol. The van der Waals surface area contributed by atoms with Crippen molar-refractivity contribution in [2.24, 2.45) is 0 Å². The highest BCUT2D eigenvalue weighted by molar-refractivity contribution is 6.13. The van der Waals surface area contributed by atoms with Gasteiger partial charge < -0.3 is 13.7 Å². The lowest BCUT2D eigenvalue weighted by atomic mass is 9.83. The number of hydrogen-bond donors (Lipinski definition) is 0. The van der Waals surface area contributed by atoms with Crippen LogP contribution in [0.25, 0.3) is 160 Å². The van der Waals surface area contributed by atoms with Crippen molar-refractivity contribution >= 4 is 71.2 Å². The lowest BCUT2D eigenvalue weighted by molar-refractivity contribution is 0.103. The molecule has 18 rings (SSSR count). The predicted octanol–water partition coefficient (Wildman–Crippen LogP) is 23.9. The third kappa shape index (κ3) is 9.58. The normalized spacial score (nSPS) is 11.6. The second-order valence-corrected chi connectivity index (χ2v) is 24.7. The molecule has 0 saturated carbocycles. The Bertz CT molecular complexity index is 5650. The summed E-state index contributed by atoms with van der Waals surface area (Å²) in [7, 11) is 0. The number of rotatable bonds is 12. The molecule has 0 unspecified atom stereocenters. The lowest BCUT2D eigenvalue weighted by Gasteiger charge is -2.21. The van der Waals surface area contributed by atoms with Gasteiger partial charge in [0.15, 0.2) is 5.78 Å². The van der Waals surface area contributed by atoms with E-state index < -0.39 is 0 Å². The first-order valence-corrected chi connectivity index (χ1v) is 32.5. The van der Waals surface area contributed by atoms with Gasteiger partial charge in [0.25, 0.3) is 0 Å². The van der Waals surface area contributed by atoms with Gasteiger partial charge >= 0.3 is 0 Å². The fourth-order valence-corrected chi connectivity index (χ4v) is 14.8. The smallest absolute Gasteiger partial charge is 0.193 e. The quantitative estimate of drug-likeness (QED) is 0.112. The average Bonchev–Trinajstić information content (AvgIpc) is 1.71. The highest BCUT2D eigenvalue weighted by atomic mass is 16.1. The Morgan fingerprint density at radius 1 is 0.189 bits per heavy atom. The molecule has 0 amide bonds. The summed E-state index contributed by atoms with van der Waals surface area (Å²) >= 11 is 0. The average molecular weight is 1210 g/mol. The summed E-state index contributed by atoms with van der Waals surface area (Å²) in [5.41, 5.74) is 26.2. The van der Waals surface area contributed by atoms with Crippen LogP contribution in [0.15, 0.2) is 358 Å². The van der Waals surface area contributed by atoms with Crippen LogP contribution in [0, 0.1) is 0 Å². The van der Waals surface area contributed by atoms with Crippen LogP contribution < -0.4 is 0 Å². The van der Waals surface area contributed by atoms with Crippen molar-refractivity contribution in [2.45, 2.75) is 0 Å². The van der Waals surface area contributed by atoms with Crippen molar-refractivity contribution in [1.82, 2.24) is 13.7 Å². The van der Waals surface area contributed by atoms with E-state index in [2.05, 4.69) is 311 Å². The van der Waals surface area contributed by atoms with Crippen molar-refractivity contribution < 1.29 is 4.79 Å². The van der Waals surface area contributed by atoms with Crippen molar-refractivity contribution in [3.05, 3.63) is 369 Å². The lowest BCUT2D eigenvalue weighted by Crippen LogP contribution is -2.02. The van der Waals surface area contributed by atoms with Gasteiger partial charge in [-0.25, -0.2) is 0 Å². The summed E-state index contributed by atoms with van der Waals surface area (Å²) in [6, 6.07) is 129. The molecule has 0 fully saturated rings. The number of carbonyl (C=O) groups is 1. The molecule has 444 valence electrons. The van der Waals surface area contributed by atoms with Crippen molar-refractivity contribution in [3.63, 3.8) is 0 Å². The fourth-order valence-electron chi connectivity index (χ4n) is 14.8. The zero-order chi connectivity index (χ0) is 62.9. The monoisotopic (exact) mass is 1210 g/mol. The molecule has 95 heavy (non-hydrogen) atoms. The summed E-state index contributed by atoms with van der Waals surface area (Å²) in [4.78, 5) is 15.1. The Balaban J connectivity index is 0.849. The molecule has 0 aliphatic rings. The minimum atomic E-state index is -0.0347. The molecular weight excluding hydrogens is 1150 g/mol. The fraction of sp³-hybridized carbons (Fsp3) is 0. The Kier molecular flexibility index (Phi) is 13.3. The summed E-state index contributed by atoms with van der Waals surface area (Å²) in [5.74, 6) is -0.0347. The molecule has 0 spiro atoms. The molecule has 4 heteroatoms. The van der Waals surface area contributed by atoms with Crippen LogP contribution in [-0.4, -0.2) is 19.5 Å². The van der Waals surface area contributed by atoms with E-state index in [4.69, 9.17) is 0 Å². The minimum absolute atomic E-state index is 0.0347. The van der Waals surface area contributed by atoms with Gasteiger partial charge in [-0.1, -0.05) is 243 Å². The summed E-state index contributed by atoms with van der Waals surface area (Å²) < 4.78 is 7.21. The van der Waals surface area contributed by atoms with Gasteiger partial charge in [0.05, 0.1) is 33.1 Å². The van der Waals surface area contributed by atoms with Crippen molar-refractivity contribution in [3.8, 4) is 95.0 Å². The number of benzene rings is 15. The maximum absolute atomic E-state index is 15.1. The van der Waals surface area contributed by atoms with E-state index in [0.717, 1.165) is 117 Å². The molecule has 0 N–H and O–H groups in total. The third-order valence-corrected chi connectivity index (χ3v) is 19.2. The van der Waals surface area contributed by atoms with E-state index in [1.54, 1.807) is 0 Å². The van der Waals surface area contributed by atoms with Crippen LogP contribution in [-0.2, 0) is 0 Å². The molecule has 4 nitrogen and oxygen atoms in total. The first-order valence-electron chi connectivity index (χ1n) is 32.5. The molecule has 0 radical (unpaired) electrons. The molecule has 0 atom stereocenters. The van der Waals surface area contributed by atoms with Crippen LogP contribution in [0.2, 0.25) is 0 Å². The molecule has 3 heterocycles. The Hall–Kier alpha value is -12.6. The molecular formula is C91H59N3O. The standard InChI is InChI=1S/C91H59N3O/c95-91(72-54-69(60-23-3-1-4-24-60)53-70(55-72)61-25-5-2-6-26-61)68-32-20-28-64(52-68)63-27-19-31-67(51-63)90-82(65-29-21-33-74(56-65)93-86-43-15-9-37-78(86)79-38-10-16-44-87(79)93)58-71(62-47-49-73(50-48-62)92-84-41-13-7-35-76(84)77-36-8-14-42-85(77)92)59-83(90)66-30-22-34-75(57-66)94-88-45-17-11-39-80(88)81-40-12-18-46-89(81)94/h1-59H. The summed E-state index contributed by atoms with van der Waals surface area (Å²) in [6.07, 6.45) is 0. The van der Waals surface area contributed by atoms with Gasteiger partial charge in [-0.15, -0.1) is 0 Å². The van der Waals surface area contributed by atoms with E-state index in [1.165, 1.54) is 43.4 Å². The van der Waals surface area contributed by atoms with E-state index >= 15 is 4.79 Å². The minimum Gasteiger partial charge on any atom is -0.309 e. The molecule has 0 bridgehead atoms. The van der Waals surface area contributed by atoms with E-state index in [-0.39, 0.29) is 5.78 Å². The third-order valence-electron chi connectivity index (χ3n) is 19.2. The van der Waals surface area contributed by atoms with E-state index in [0.29, 0.717) is 11.1 Å². The van der Waals surface area contributed by atoms with E-state index in [9.17, 15) is 0 Å². The number of fused-ring (bicyclic) bond motifs is 9. The van der Waals surface area contributed by atoms with Gasteiger partial charge in [-0.3, -0.25) is 4.79 Å². The zero-order valence-corrected chi connectivity index (χ0v) is 51.8. The Morgan fingerprint density at radius 3 is 0.937 bits per heavy atom. The molecule has 0 saturated heterocycles. The first-order chi connectivity index (χ1) is 47.0. The SMILES string of the molecule is O=C(c1cccc(-c2cccc(-c3c(-c4cccc(-n5c6ccccc6c6ccccc65)c4)cc(-c4ccc(-n5c6ccccc6c6ccccc65)cc4)cc3-c3cccc(-n4c5ccccc5c5ccccc54)c3)c2)c1)c1cc(-c2ccccc2)cc(-c2ccccc2)c1. The maximum atomic E-state index is 15.1. The number of carbonyl (C=O) groups excluding carboxylic acids is 1. The number of nitrogens with zero attached hydrogens (tertiary/aromatic N) is 3. The van der Waals surface area contributed by atoms with Gasteiger partial charge in [-0.2, -0.15) is 0 Å². The Labute approximate surface area is 550 Å². The van der Waals surface area contributed by atoms with Gasteiger partial charge in [0.1, 0.15) is 0 Å². The van der Waals surface area contributed by atoms with Gasteiger partial charge in [0.2, 0.25) is 0 Å². The zero-order valence-electron chi connectivity index (χ0n) is 51.8. The van der Waals surface area contributed by atoms with Crippen LogP contribution in [0.1, 0.15) is 15.9 Å². The first kappa shape index (κ1) is 55.2. The van der Waals surface area contributed by atoms with Gasteiger partial charge in [-0.05, 0) is 193 Å². The van der Waals surface area contributed by atoms with Gasteiger partial charge in [0, 0.05) is 60.5 Å². The Morgan fingerprint density at radius 2 is 0.495 bits per heavy atom. The van der Waals surface area contributed by atoms with Crippen LogP contribution in [0.5, 0.6) is 0 Å². The summed E-state index contributed by atoms with van der Waals surface area (Å²) in [5, 5.41) is 7.32. The molecule has 15 aromatic carbocycles. The second-order valence-electron chi connectivity index (χ2n) is 24.7. The molecule has 0 aliphatic heterocycles. The molecule has 3 aromatic heterocycles. The number of aromatic nitrogens is 3. The summed E-state index contributed by atoms with van der Waals surface area (Å²) in [6.45, 7) is 0. The van der Waals surface area contributed by atoms with Crippen LogP contribution in [0.4, 0.5) is 0 Å².